The molecular weight excluding hydrogens is 304 g/mol. The van der Waals surface area contributed by atoms with Gasteiger partial charge in [-0.3, -0.25) is 10.1 Å². The Bertz CT molecular complexity index is 598. The summed E-state index contributed by atoms with van der Waals surface area (Å²) in [5.74, 6) is 0. The highest BCUT2D eigenvalue weighted by Gasteiger charge is 2.07. The highest BCUT2D eigenvalue weighted by atomic mass is 32.1. The number of nitro groups is 1. The summed E-state index contributed by atoms with van der Waals surface area (Å²) in [6.45, 7) is 2.46. The molecule has 2 N–H and O–H groups in total. The third kappa shape index (κ3) is 4.88. The second-order valence-electron chi connectivity index (χ2n) is 4.58. The molecule has 0 atom stereocenters. The minimum atomic E-state index is -0.396. The lowest BCUT2D eigenvalue weighted by molar-refractivity contribution is -0.384. The average molecular weight is 322 g/mol. The Morgan fingerprint density at radius 1 is 1.18 bits per heavy atom. The molecule has 0 fully saturated rings. The summed E-state index contributed by atoms with van der Waals surface area (Å²) in [5, 5.41) is 22.5. The lowest BCUT2D eigenvalue weighted by Gasteiger charge is -2.03. The van der Waals surface area contributed by atoms with Crippen molar-refractivity contribution in [2.45, 2.75) is 6.54 Å². The molecule has 0 spiro atoms. The van der Waals surface area contributed by atoms with Gasteiger partial charge in [-0.1, -0.05) is 0 Å². The minimum Gasteiger partial charge on any atom is -0.394 e. The number of ether oxygens (including phenoxy) is 1. The van der Waals surface area contributed by atoms with Gasteiger partial charge >= 0.3 is 0 Å². The van der Waals surface area contributed by atoms with Crippen LogP contribution in [0.5, 0.6) is 0 Å². The van der Waals surface area contributed by atoms with E-state index in [4.69, 9.17) is 9.84 Å². The molecular formula is C15H18N2O4S. The van der Waals surface area contributed by atoms with Crippen LogP contribution in [-0.2, 0) is 11.3 Å². The number of aliphatic hydroxyl groups is 1. The molecule has 1 heterocycles. The first-order valence-corrected chi connectivity index (χ1v) is 7.75. The van der Waals surface area contributed by atoms with E-state index in [0.717, 1.165) is 23.5 Å². The van der Waals surface area contributed by atoms with Crippen molar-refractivity contribution in [2.24, 2.45) is 0 Å². The number of thiophene rings is 1. The van der Waals surface area contributed by atoms with Gasteiger partial charge in [-0.2, -0.15) is 0 Å². The van der Waals surface area contributed by atoms with Gasteiger partial charge in [0, 0.05) is 35.0 Å². The lowest BCUT2D eigenvalue weighted by Crippen LogP contribution is -2.19. The second kappa shape index (κ2) is 8.60. The van der Waals surface area contributed by atoms with Gasteiger partial charge in [-0.15, -0.1) is 11.3 Å². The Morgan fingerprint density at radius 2 is 1.95 bits per heavy atom. The van der Waals surface area contributed by atoms with Gasteiger partial charge in [0.05, 0.1) is 24.7 Å². The third-order valence-electron chi connectivity index (χ3n) is 2.98. The number of aliphatic hydroxyl groups excluding tert-OH is 1. The molecule has 2 rings (SSSR count). The Labute approximate surface area is 132 Å². The van der Waals surface area contributed by atoms with Crippen LogP contribution in [0.15, 0.2) is 36.4 Å². The van der Waals surface area contributed by atoms with Crippen LogP contribution in [0.4, 0.5) is 5.69 Å². The van der Waals surface area contributed by atoms with Gasteiger partial charge in [-0.05, 0) is 29.8 Å². The van der Waals surface area contributed by atoms with Gasteiger partial charge in [0.15, 0.2) is 0 Å². The largest absolute Gasteiger partial charge is 0.394 e. The molecule has 0 unspecified atom stereocenters. The van der Waals surface area contributed by atoms with Crippen molar-refractivity contribution in [1.82, 2.24) is 5.32 Å². The van der Waals surface area contributed by atoms with E-state index in [2.05, 4.69) is 5.32 Å². The molecule has 22 heavy (non-hydrogen) atoms. The van der Waals surface area contributed by atoms with Crippen molar-refractivity contribution in [3.8, 4) is 10.4 Å². The van der Waals surface area contributed by atoms with E-state index in [1.54, 1.807) is 23.5 Å². The number of nitrogens with zero attached hydrogens (tertiary/aromatic N) is 1. The molecule has 0 radical (unpaired) electrons. The molecule has 0 saturated heterocycles. The highest BCUT2D eigenvalue weighted by molar-refractivity contribution is 7.15. The summed E-state index contributed by atoms with van der Waals surface area (Å²) in [5.41, 5.74) is 1.08. The first kappa shape index (κ1) is 16.6. The standard InChI is InChI=1S/C15H18N2O4S/c18-8-10-21-9-7-16-11-14-5-6-15(22-14)12-1-3-13(4-2-12)17(19)20/h1-6,16,18H,7-11H2. The van der Waals surface area contributed by atoms with Crippen molar-refractivity contribution in [3.63, 3.8) is 0 Å². The van der Waals surface area contributed by atoms with Crippen LogP contribution in [0.1, 0.15) is 4.88 Å². The molecule has 6 nitrogen and oxygen atoms in total. The molecule has 0 bridgehead atoms. The summed E-state index contributed by atoms with van der Waals surface area (Å²) >= 11 is 1.66. The van der Waals surface area contributed by atoms with Crippen molar-refractivity contribution in [2.75, 3.05) is 26.4 Å². The predicted molar refractivity (Wildman–Crippen MR) is 86.0 cm³/mol. The third-order valence-corrected chi connectivity index (χ3v) is 4.12. The SMILES string of the molecule is O=[N+]([O-])c1ccc(-c2ccc(CNCCOCCO)s2)cc1. The zero-order chi connectivity index (χ0) is 15.8. The Morgan fingerprint density at radius 3 is 2.64 bits per heavy atom. The van der Waals surface area contributed by atoms with Crippen LogP contribution < -0.4 is 5.32 Å². The summed E-state index contributed by atoms with van der Waals surface area (Å²) in [7, 11) is 0. The van der Waals surface area contributed by atoms with Crippen LogP contribution in [0.3, 0.4) is 0 Å². The van der Waals surface area contributed by atoms with Crippen molar-refractivity contribution in [3.05, 3.63) is 51.4 Å². The fourth-order valence-corrected chi connectivity index (χ4v) is 2.88. The number of hydrogen-bond donors (Lipinski definition) is 2. The van der Waals surface area contributed by atoms with Gasteiger partial charge < -0.3 is 15.2 Å². The van der Waals surface area contributed by atoms with Crippen LogP contribution >= 0.6 is 11.3 Å². The molecule has 1 aromatic heterocycles. The zero-order valence-corrected chi connectivity index (χ0v) is 12.8. The number of benzene rings is 1. The Hall–Kier alpha value is -1.80. The van der Waals surface area contributed by atoms with Crippen LogP contribution in [0.25, 0.3) is 10.4 Å². The molecule has 0 amide bonds. The number of nitrogens with one attached hydrogen (secondary N) is 1. The smallest absolute Gasteiger partial charge is 0.269 e. The van der Waals surface area contributed by atoms with E-state index < -0.39 is 4.92 Å². The van der Waals surface area contributed by atoms with E-state index in [-0.39, 0.29) is 12.3 Å². The Balaban J connectivity index is 1.84. The first-order chi connectivity index (χ1) is 10.7. The molecule has 0 saturated carbocycles. The van der Waals surface area contributed by atoms with Crippen LogP contribution in [0, 0.1) is 10.1 Å². The van der Waals surface area contributed by atoms with Crippen molar-refractivity contribution in [1.29, 1.82) is 0 Å². The van der Waals surface area contributed by atoms with Crippen molar-refractivity contribution >= 4 is 17.0 Å². The maximum atomic E-state index is 10.6. The molecule has 118 valence electrons. The zero-order valence-electron chi connectivity index (χ0n) is 12.0. The highest BCUT2D eigenvalue weighted by Crippen LogP contribution is 2.29. The van der Waals surface area contributed by atoms with Gasteiger partial charge in [0.2, 0.25) is 0 Å². The van der Waals surface area contributed by atoms with Gasteiger partial charge in [-0.25, -0.2) is 0 Å². The Kier molecular flexibility index (Phi) is 6.47. The van der Waals surface area contributed by atoms with Crippen LogP contribution in [0.2, 0.25) is 0 Å². The number of non-ortho nitro benzene ring substituents is 1. The average Bonchev–Trinajstić information content (AvgIpc) is 3.00. The maximum Gasteiger partial charge on any atom is 0.269 e. The fraction of sp³-hybridized carbons (Fsp3) is 0.333. The number of nitro benzene ring substituents is 1. The van der Waals surface area contributed by atoms with E-state index in [0.29, 0.717) is 13.2 Å². The summed E-state index contributed by atoms with van der Waals surface area (Å²) in [6.07, 6.45) is 0. The van der Waals surface area contributed by atoms with Gasteiger partial charge in [0.25, 0.3) is 5.69 Å². The molecule has 2 aromatic rings. The number of rotatable bonds is 9. The van der Waals surface area contributed by atoms with Crippen LogP contribution in [-0.4, -0.2) is 36.4 Å². The van der Waals surface area contributed by atoms with E-state index in [9.17, 15) is 10.1 Å². The van der Waals surface area contributed by atoms with E-state index in [1.165, 1.54) is 17.0 Å². The normalized spacial score (nSPS) is 10.8. The maximum absolute atomic E-state index is 10.6. The van der Waals surface area contributed by atoms with Crippen molar-refractivity contribution < 1.29 is 14.8 Å². The van der Waals surface area contributed by atoms with E-state index >= 15 is 0 Å². The quantitative estimate of drug-likeness (QED) is 0.421. The van der Waals surface area contributed by atoms with Gasteiger partial charge in [0.1, 0.15) is 0 Å². The number of hydrogen-bond acceptors (Lipinski definition) is 6. The summed E-state index contributed by atoms with van der Waals surface area (Å²) < 4.78 is 5.16. The molecule has 0 aliphatic rings. The molecule has 1 aromatic carbocycles. The molecule has 0 aliphatic heterocycles. The monoisotopic (exact) mass is 322 g/mol. The second-order valence-corrected chi connectivity index (χ2v) is 5.75. The minimum absolute atomic E-state index is 0.0452. The molecule has 7 heteroatoms. The topological polar surface area (TPSA) is 84.6 Å². The summed E-state index contributed by atoms with van der Waals surface area (Å²) in [4.78, 5) is 12.5. The lowest BCUT2D eigenvalue weighted by atomic mass is 10.2. The predicted octanol–water partition coefficient (Wildman–Crippen LogP) is 2.42. The first-order valence-electron chi connectivity index (χ1n) is 6.93. The molecule has 0 aliphatic carbocycles. The summed E-state index contributed by atoms with van der Waals surface area (Å²) in [6, 6.07) is 10.6. The van der Waals surface area contributed by atoms with E-state index in [1.807, 2.05) is 12.1 Å². The fourth-order valence-electron chi connectivity index (χ4n) is 1.90.